The minimum atomic E-state index is 0.510. The molecule has 0 spiro atoms. The van der Waals surface area contributed by atoms with E-state index in [0.717, 1.165) is 18.0 Å². The molecule has 4 rings (SSSR count). The maximum Gasteiger partial charge on any atom is 0.230 e. The Kier molecular flexibility index (Phi) is 4.56. The molecule has 2 aromatic heterocycles. The molecule has 0 atom stereocenters. The SMILES string of the molecule is CC(C)Cn1ncc(Nc2nccc(Oc3ccccc3)n2)c1C1CC1. The van der Waals surface area contributed by atoms with Crippen molar-refractivity contribution < 1.29 is 4.74 Å². The normalized spacial score (nSPS) is 13.8. The van der Waals surface area contributed by atoms with Gasteiger partial charge in [-0.1, -0.05) is 32.0 Å². The van der Waals surface area contributed by atoms with Gasteiger partial charge in [0.2, 0.25) is 11.8 Å². The van der Waals surface area contributed by atoms with Crippen LogP contribution in [0.4, 0.5) is 11.6 Å². The van der Waals surface area contributed by atoms with Crippen molar-refractivity contribution in [1.82, 2.24) is 19.7 Å². The summed E-state index contributed by atoms with van der Waals surface area (Å²) in [6.45, 7) is 5.34. The maximum absolute atomic E-state index is 5.79. The van der Waals surface area contributed by atoms with Crippen LogP contribution in [0, 0.1) is 5.92 Å². The zero-order valence-corrected chi connectivity index (χ0v) is 15.1. The fourth-order valence-corrected chi connectivity index (χ4v) is 2.96. The van der Waals surface area contributed by atoms with Gasteiger partial charge >= 0.3 is 0 Å². The molecule has 3 aromatic rings. The fraction of sp³-hybridized carbons (Fsp3) is 0.350. The third-order valence-electron chi connectivity index (χ3n) is 4.22. The summed E-state index contributed by atoms with van der Waals surface area (Å²) in [7, 11) is 0. The molecule has 134 valence electrons. The van der Waals surface area contributed by atoms with Crippen LogP contribution in [0.15, 0.2) is 48.8 Å². The average Bonchev–Trinajstić information content (AvgIpc) is 3.39. The number of benzene rings is 1. The number of hydrogen-bond acceptors (Lipinski definition) is 5. The standard InChI is InChI=1S/C20H23N5O/c1-14(2)13-25-19(15-8-9-15)17(12-22-25)23-20-21-11-10-18(24-20)26-16-6-4-3-5-7-16/h3-7,10-12,14-15H,8-9,13H2,1-2H3,(H,21,23,24). The van der Waals surface area contributed by atoms with Gasteiger partial charge in [0.25, 0.3) is 0 Å². The van der Waals surface area contributed by atoms with Crippen LogP contribution in [0.1, 0.15) is 38.3 Å². The highest BCUT2D eigenvalue weighted by molar-refractivity contribution is 5.57. The van der Waals surface area contributed by atoms with Crippen LogP contribution in [0.5, 0.6) is 11.6 Å². The third kappa shape index (κ3) is 3.85. The molecule has 2 heterocycles. The van der Waals surface area contributed by atoms with E-state index in [1.807, 2.05) is 36.5 Å². The van der Waals surface area contributed by atoms with Gasteiger partial charge in [0.05, 0.1) is 17.6 Å². The van der Waals surface area contributed by atoms with Gasteiger partial charge < -0.3 is 10.1 Å². The van der Waals surface area contributed by atoms with E-state index in [1.54, 1.807) is 12.3 Å². The summed E-state index contributed by atoms with van der Waals surface area (Å²) in [6, 6.07) is 11.4. The highest BCUT2D eigenvalue weighted by Gasteiger charge is 2.30. The molecular formula is C20H23N5O. The molecule has 1 aliphatic rings. The Labute approximate surface area is 153 Å². The number of ether oxygens (including phenoxy) is 1. The first-order valence-corrected chi connectivity index (χ1v) is 9.07. The Morgan fingerprint density at radius 2 is 2.00 bits per heavy atom. The van der Waals surface area contributed by atoms with E-state index < -0.39 is 0 Å². The van der Waals surface area contributed by atoms with Crippen LogP contribution in [-0.2, 0) is 6.54 Å². The lowest BCUT2D eigenvalue weighted by Gasteiger charge is -2.12. The fourth-order valence-electron chi connectivity index (χ4n) is 2.96. The predicted molar refractivity (Wildman–Crippen MR) is 101 cm³/mol. The van der Waals surface area contributed by atoms with Crippen molar-refractivity contribution in [3.8, 4) is 11.6 Å². The molecule has 0 radical (unpaired) electrons. The number of rotatable bonds is 7. The Morgan fingerprint density at radius 3 is 2.73 bits per heavy atom. The second kappa shape index (κ2) is 7.15. The summed E-state index contributed by atoms with van der Waals surface area (Å²) in [4.78, 5) is 8.80. The van der Waals surface area contributed by atoms with Crippen molar-refractivity contribution in [2.45, 2.75) is 39.2 Å². The summed E-state index contributed by atoms with van der Waals surface area (Å²) < 4.78 is 7.91. The molecule has 0 bridgehead atoms. The highest BCUT2D eigenvalue weighted by atomic mass is 16.5. The van der Waals surface area contributed by atoms with Gasteiger partial charge in [-0.05, 0) is 30.9 Å². The van der Waals surface area contributed by atoms with E-state index in [-0.39, 0.29) is 0 Å². The van der Waals surface area contributed by atoms with E-state index in [9.17, 15) is 0 Å². The number of hydrogen-bond donors (Lipinski definition) is 1. The topological polar surface area (TPSA) is 64.9 Å². The molecular weight excluding hydrogens is 326 g/mol. The molecule has 26 heavy (non-hydrogen) atoms. The highest BCUT2D eigenvalue weighted by Crippen LogP contribution is 2.44. The van der Waals surface area contributed by atoms with E-state index in [0.29, 0.717) is 23.7 Å². The molecule has 1 aliphatic carbocycles. The van der Waals surface area contributed by atoms with E-state index in [4.69, 9.17) is 4.74 Å². The lowest BCUT2D eigenvalue weighted by molar-refractivity contribution is 0.462. The molecule has 1 aromatic carbocycles. The monoisotopic (exact) mass is 349 g/mol. The van der Waals surface area contributed by atoms with Crippen LogP contribution in [0.3, 0.4) is 0 Å². The van der Waals surface area contributed by atoms with E-state index in [1.165, 1.54) is 18.5 Å². The predicted octanol–water partition coefficient (Wildman–Crippen LogP) is 4.74. The Hall–Kier alpha value is -2.89. The lowest BCUT2D eigenvalue weighted by Crippen LogP contribution is -2.10. The largest absolute Gasteiger partial charge is 0.439 e. The third-order valence-corrected chi connectivity index (χ3v) is 4.22. The van der Waals surface area contributed by atoms with Crippen LogP contribution in [-0.4, -0.2) is 19.7 Å². The molecule has 6 nitrogen and oxygen atoms in total. The van der Waals surface area contributed by atoms with Gasteiger partial charge in [0, 0.05) is 24.7 Å². The summed E-state index contributed by atoms with van der Waals surface area (Å²) in [5.74, 6) is 2.92. The molecule has 6 heteroatoms. The first-order valence-electron chi connectivity index (χ1n) is 9.07. The number of para-hydroxylation sites is 1. The van der Waals surface area contributed by atoms with Crippen molar-refractivity contribution >= 4 is 11.6 Å². The van der Waals surface area contributed by atoms with Crippen LogP contribution in [0.25, 0.3) is 0 Å². The van der Waals surface area contributed by atoms with Crippen molar-refractivity contribution in [3.05, 3.63) is 54.5 Å². The Morgan fingerprint density at radius 1 is 1.19 bits per heavy atom. The second-order valence-electron chi connectivity index (χ2n) is 7.05. The zero-order chi connectivity index (χ0) is 17.9. The summed E-state index contributed by atoms with van der Waals surface area (Å²) >= 11 is 0. The van der Waals surface area contributed by atoms with Crippen LogP contribution >= 0.6 is 0 Å². The Bertz CT molecular complexity index is 871. The van der Waals surface area contributed by atoms with E-state index >= 15 is 0 Å². The molecule has 1 saturated carbocycles. The van der Waals surface area contributed by atoms with Gasteiger partial charge in [-0.15, -0.1) is 0 Å². The smallest absolute Gasteiger partial charge is 0.230 e. The van der Waals surface area contributed by atoms with Crippen LogP contribution < -0.4 is 10.1 Å². The average molecular weight is 349 g/mol. The van der Waals surface area contributed by atoms with Crippen molar-refractivity contribution in [2.24, 2.45) is 5.92 Å². The first-order chi connectivity index (χ1) is 12.7. The quantitative estimate of drug-likeness (QED) is 0.667. The second-order valence-corrected chi connectivity index (χ2v) is 7.05. The number of anilines is 2. The van der Waals surface area contributed by atoms with Crippen molar-refractivity contribution in [2.75, 3.05) is 5.32 Å². The van der Waals surface area contributed by atoms with Crippen molar-refractivity contribution in [3.63, 3.8) is 0 Å². The molecule has 0 amide bonds. The first kappa shape index (κ1) is 16.6. The van der Waals surface area contributed by atoms with Gasteiger partial charge in [-0.25, -0.2) is 4.98 Å². The van der Waals surface area contributed by atoms with Gasteiger partial charge in [0.15, 0.2) is 0 Å². The molecule has 1 N–H and O–H groups in total. The molecule has 1 fully saturated rings. The van der Waals surface area contributed by atoms with Gasteiger partial charge in [0.1, 0.15) is 5.75 Å². The number of aromatic nitrogens is 4. The van der Waals surface area contributed by atoms with Gasteiger partial charge in [-0.3, -0.25) is 4.68 Å². The molecule has 0 saturated heterocycles. The Balaban J connectivity index is 1.54. The molecule has 0 aliphatic heterocycles. The van der Waals surface area contributed by atoms with Crippen molar-refractivity contribution in [1.29, 1.82) is 0 Å². The minimum absolute atomic E-state index is 0.510. The van der Waals surface area contributed by atoms with Crippen LogP contribution in [0.2, 0.25) is 0 Å². The number of nitrogens with zero attached hydrogens (tertiary/aromatic N) is 4. The molecule has 0 unspecified atom stereocenters. The van der Waals surface area contributed by atoms with Gasteiger partial charge in [-0.2, -0.15) is 10.1 Å². The zero-order valence-electron chi connectivity index (χ0n) is 15.1. The lowest BCUT2D eigenvalue weighted by atomic mass is 10.2. The summed E-state index contributed by atoms with van der Waals surface area (Å²) in [5.41, 5.74) is 2.25. The summed E-state index contributed by atoms with van der Waals surface area (Å²) in [5, 5.41) is 7.90. The maximum atomic E-state index is 5.79. The number of nitrogens with one attached hydrogen (secondary N) is 1. The minimum Gasteiger partial charge on any atom is -0.439 e. The summed E-state index contributed by atoms with van der Waals surface area (Å²) in [6.07, 6.45) is 6.01. The van der Waals surface area contributed by atoms with E-state index in [2.05, 4.69) is 38.9 Å².